The molecular weight excluding hydrogens is 972 g/mol. The Morgan fingerprint density at radius 3 is 1.32 bits per heavy atom. The lowest BCUT2D eigenvalue weighted by Crippen LogP contribution is -2.30. The standard InChI is InChI=1S/C18H24O2.C16H23NO2.C15H19FOS.C15H21NO2.CH4/c1-13-5-7-14(8-6-13)11-15(19)18(9-10-18)16(20)12-17(2,3)4;1-12-6-8-13(9-7-12)17(5)15(19)10-14(18)11-16(2,3)4;1-15(2,3)10-14(18)9-13(17)8-11-5-4-6-12(16)7-11;1-15(2,3)11-13(17)10-14(18)16(4)12-8-6-5-7-9-12;/h5-8H,9-12H2,1-4H3;6-9H,10-11H2,1-5H3;4-7H,8-10H2,1-3H3;5-9H,10-11H2,1-4H3;1H4. The minimum Gasteiger partial charge on any atom is -0.315 e. The van der Waals surface area contributed by atoms with Gasteiger partial charge in [-0.15, -0.1) is 0 Å². The molecule has 0 unspecified atom stereocenters. The van der Waals surface area contributed by atoms with Crippen LogP contribution in [0.2, 0.25) is 0 Å². The van der Waals surface area contributed by atoms with E-state index in [1.165, 1.54) is 22.6 Å². The number of carbonyl (C=O) groups is 7. The third-order valence-electron chi connectivity index (χ3n) is 11.9. The lowest BCUT2D eigenvalue weighted by atomic mass is 9.81. The van der Waals surface area contributed by atoms with E-state index in [2.05, 4.69) is 20.8 Å². The summed E-state index contributed by atoms with van der Waals surface area (Å²) in [5, 5.41) is 0. The summed E-state index contributed by atoms with van der Waals surface area (Å²) in [5.41, 5.74) is 4.95. The molecule has 11 heteroatoms. The zero-order valence-electron chi connectivity index (χ0n) is 48.1. The van der Waals surface area contributed by atoms with Crippen molar-refractivity contribution < 1.29 is 38.0 Å². The lowest BCUT2D eigenvalue weighted by Gasteiger charge is -2.21. The summed E-state index contributed by atoms with van der Waals surface area (Å²) in [7, 11) is 3.40. The summed E-state index contributed by atoms with van der Waals surface area (Å²) in [5.74, 6) is -0.328. The molecule has 4 aromatic rings. The van der Waals surface area contributed by atoms with Crippen LogP contribution >= 0.6 is 12.2 Å². The van der Waals surface area contributed by atoms with Crippen molar-refractivity contribution in [3.8, 4) is 0 Å². The van der Waals surface area contributed by atoms with Gasteiger partial charge in [0, 0.05) is 68.9 Å². The number of Topliss-reactive ketones (excluding diaryl/α,β-unsaturated/α-hetero) is 5. The molecule has 1 fully saturated rings. The van der Waals surface area contributed by atoms with E-state index in [0.717, 1.165) is 46.6 Å². The zero-order chi connectivity index (χ0) is 57.1. The van der Waals surface area contributed by atoms with Gasteiger partial charge in [-0.3, -0.25) is 33.6 Å². The monoisotopic (exact) mass is 1060 g/mol. The van der Waals surface area contributed by atoms with Crippen LogP contribution in [0.15, 0.2) is 103 Å². The lowest BCUT2D eigenvalue weighted by molar-refractivity contribution is -0.135. The molecule has 416 valence electrons. The van der Waals surface area contributed by atoms with Crippen molar-refractivity contribution in [2.75, 3.05) is 23.9 Å². The quantitative estimate of drug-likeness (QED) is 0.0712. The Morgan fingerprint density at radius 2 is 0.908 bits per heavy atom. The number of hydrogen-bond donors (Lipinski definition) is 0. The first-order chi connectivity index (χ1) is 34.5. The summed E-state index contributed by atoms with van der Waals surface area (Å²) in [6.45, 7) is 28.4. The number of amides is 2. The van der Waals surface area contributed by atoms with Crippen molar-refractivity contribution in [2.24, 2.45) is 27.1 Å². The predicted molar refractivity (Wildman–Crippen MR) is 316 cm³/mol. The molecule has 0 atom stereocenters. The molecule has 0 bridgehead atoms. The normalized spacial score (nSPS) is 12.5. The van der Waals surface area contributed by atoms with E-state index in [0.29, 0.717) is 37.7 Å². The maximum absolute atomic E-state index is 13.0. The van der Waals surface area contributed by atoms with E-state index < -0.39 is 5.41 Å². The first-order valence-corrected chi connectivity index (χ1v) is 26.5. The number of halogens is 1. The van der Waals surface area contributed by atoms with Crippen LogP contribution in [0.25, 0.3) is 0 Å². The van der Waals surface area contributed by atoms with E-state index in [-0.39, 0.29) is 94.9 Å². The number of ketones is 5. The van der Waals surface area contributed by atoms with Crippen LogP contribution in [0.1, 0.15) is 171 Å². The highest BCUT2D eigenvalue weighted by atomic mass is 32.1. The summed E-state index contributed by atoms with van der Waals surface area (Å²) >= 11 is 5.23. The summed E-state index contributed by atoms with van der Waals surface area (Å²) in [6.07, 6.45) is 4.50. The number of anilines is 2. The molecule has 1 aliphatic rings. The average Bonchev–Trinajstić information content (AvgIpc) is 4.08. The van der Waals surface area contributed by atoms with Crippen LogP contribution in [0.5, 0.6) is 0 Å². The molecule has 0 saturated heterocycles. The Kier molecular flexibility index (Phi) is 27.1. The summed E-state index contributed by atoms with van der Waals surface area (Å²) in [4.78, 5) is 88.1. The fourth-order valence-corrected chi connectivity index (χ4v) is 8.55. The highest BCUT2D eigenvalue weighted by Gasteiger charge is 2.55. The van der Waals surface area contributed by atoms with Crippen molar-refractivity contribution >= 4 is 69.2 Å². The fourth-order valence-electron chi connectivity index (χ4n) is 7.95. The Labute approximate surface area is 462 Å². The first-order valence-electron chi connectivity index (χ1n) is 26.1. The maximum Gasteiger partial charge on any atom is 0.234 e. The van der Waals surface area contributed by atoms with Crippen LogP contribution in [-0.2, 0) is 46.4 Å². The number of nitrogens with zero attached hydrogens (tertiary/aromatic N) is 2. The molecule has 9 nitrogen and oxygen atoms in total. The van der Waals surface area contributed by atoms with Gasteiger partial charge >= 0.3 is 0 Å². The summed E-state index contributed by atoms with van der Waals surface area (Å²) in [6, 6.07) is 31.2. The number of carbonyl (C=O) groups excluding carboxylic acids is 7. The molecule has 0 aromatic heterocycles. The summed E-state index contributed by atoms with van der Waals surface area (Å²) < 4.78 is 13.0. The van der Waals surface area contributed by atoms with E-state index in [1.54, 1.807) is 31.1 Å². The van der Waals surface area contributed by atoms with Crippen molar-refractivity contribution in [3.63, 3.8) is 0 Å². The molecule has 0 heterocycles. The Morgan fingerprint density at radius 1 is 0.487 bits per heavy atom. The first kappa shape index (κ1) is 68.2. The highest BCUT2D eigenvalue weighted by Crippen LogP contribution is 2.50. The van der Waals surface area contributed by atoms with Crippen LogP contribution in [0, 0.1) is 46.7 Å². The van der Waals surface area contributed by atoms with Gasteiger partial charge in [0.2, 0.25) is 11.8 Å². The number of hydrogen-bond acceptors (Lipinski definition) is 8. The Balaban J connectivity index is 0.000000505. The number of rotatable bonds is 18. The molecule has 1 saturated carbocycles. The molecule has 1 aliphatic carbocycles. The molecule has 4 aromatic carbocycles. The van der Waals surface area contributed by atoms with Gasteiger partial charge in [0.25, 0.3) is 0 Å². The second-order valence-electron chi connectivity index (χ2n) is 25.1. The minimum absolute atomic E-state index is 0. The number of benzene rings is 4. The number of thiocarbonyl (C=S) groups is 1. The van der Waals surface area contributed by atoms with E-state index in [4.69, 9.17) is 12.2 Å². The molecule has 2 amide bonds. The van der Waals surface area contributed by atoms with Gasteiger partial charge in [0.1, 0.15) is 29.0 Å². The van der Waals surface area contributed by atoms with Crippen molar-refractivity contribution in [1.29, 1.82) is 0 Å². The molecule has 0 spiro atoms. The molecule has 5 rings (SSSR count). The van der Waals surface area contributed by atoms with E-state index in [9.17, 15) is 38.0 Å². The van der Waals surface area contributed by atoms with Gasteiger partial charge in [-0.25, -0.2) is 4.39 Å². The van der Waals surface area contributed by atoms with Gasteiger partial charge < -0.3 is 9.80 Å². The maximum atomic E-state index is 13.0. The molecule has 0 N–H and O–H groups in total. The molecular formula is C65H91FN2O7S. The van der Waals surface area contributed by atoms with Crippen molar-refractivity contribution in [1.82, 2.24) is 0 Å². The predicted octanol–water partition coefficient (Wildman–Crippen LogP) is 15.1. The largest absolute Gasteiger partial charge is 0.315 e. The minimum atomic E-state index is -0.655. The zero-order valence-corrected chi connectivity index (χ0v) is 48.9. The smallest absolute Gasteiger partial charge is 0.234 e. The topological polar surface area (TPSA) is 126 Å². The average molecular weight is 1060 g/mol. The van der Waals surface area contributed by atoms with Crippen LogP contribution in [0.3, 0.4) is 0 Å². The van der Waals surface area contributed by atoms with Crippen LogP contribution in [-0.4, -0.2) is 59.7 Å². The Bertz CT molecular complexity index is 2550. The molecule has 0 radical (unpaired) electrons. The number of aryl methyl sites for hydroxylation is 2. The SMILES string of the molecule is C.CC(C)(C)CC(=S)CC(=O)Cc1cccc(F)c1.CN(C(=O)CC(=O)CC(C)(C)C)c1ccccc1.Cc1ccc(CC(=O)C2(C(=O)CC(C)(C)C)CC2)cc1.Cc1ccc(N(C)C(=O)CC(=O)CC(C)(C)C)cc1. The second-order valence-corrected chi connectivity index (χ2v) is 25.7. The van der Waals surface area contributed by atoms with Gasteiger partial charge in [0.15, 0.2) is 5.78 Å². The van der Waals surface area contributed by atoms with Gasteiger partial charge in [-0.05, 0) is 102 Å². The van der Waals surface area contributed by atoms with E-state index >= 15 is 0 Å². The van der Waals surface area contributed by atoms with Crippen molar-refractivity contribution in [2.45, 2.75) is 175 Å². The van der Waals surface area contributed by atoms with Gasteiger partial charge in [-0.2, -0.15) is 0 Å². The van der Waals surface area contributed by atoms with Gasteiger partial charge in [-0.1, -0.05) is 181 Å². The van der Waals surface area contributed by atoms with E-state index in [1.807, 2.05) is 155 Å². The highest BCUT2D eigenvalue weighted by molar-refractivity contribution is 7.80. The van der Waals surface area contributed by atoms with Crippen LogP contribution < -0.4 is 9.80 Å². The fraction of sp³-hybridized carbons (Fsp3) is 0.508. The second kappa shape index (κ2) is 30.2. The molecule has 76 heavy (non-hydrogen) atoms. The molecule has 0 aliphatic heterocycles. The van der Waals surface area contributed by atoms with Crippen LogP contribution in [0.4, 0.5) is 15.8 Å². The Hall–Kier alpha value is -5.81. The number of para-hydroxylation sites is 1. The third kappa shape index (κ3) is 27.8. The third-order valence-corrected chi connectivity index (χ3v) is 12.2. The van der Waals surface area contributed by atoms with Gasteiger partial charge in [0.05, 0.1) is 18.3 Å². The van der Waals surface area contributed by atoms with Crippen molar-refractivity contribution in [3.05, 3.63) is 131 Å².